The Bertz CT molecular complexity index is 817. The molecule has 0 saturated carbocycles. The molecule has 2 saturated heterocycles. The predicted molar refractivity (Wildman–Crippen MR) is 128 cm³/mol. The molecule has 0 radical (unpaired) electrons. The molecule has 2 aromatic rings. The van der Waals surface area contributed by atoms with E-state index in [4.69, 9.17) is 4.74 Å². The number of fused-ring (bicyclic) bond motifs is 2. The van der Waals surface area contributed by atoms with Crippen LogP contribution in [0, 0.1) is 11.8 Å². The van der Waals surface area contributed by atoms with Crippen LogP contribution in [0.1, 0.15) is 36.1 Å². The van der Waals surface area contributed by atoms with Crippen molar-refractivity contribution in [2.24, 2.45) is 11.8 Å². The van der Waals surface area contributed by atoms with Gasteiger partial charge in [-0.1, -0.05) is 12.1 Å². The first-order valence-electron chi connectivity index (χ1n) is 11.8. The molecule has 4 heterocycles. The Kier molecular flexibility index (Phi) is 8.68. The number of hydrogen-bond acceptors (Lipinski definition) is 6. The highest BCUT2D eigenvalue weighted by molar-refractivity contribution is 7.09. The molecule has 0 aliphatic carbocycles. The fourth-order valence-corrected chi connectivity index (χ4v) is 5.92. The van der Waals surface area contributed by atoms with E-state index in [0.29, 0.717) is 38.1 Å². The van der Waals surface area contributed by atoms with E-state index >= 15 is 0 Å². The average molecular weight is 457 g/mol. The van der Waals surface area contributed by atoms with Crippen LogP contribution in [-0.4, -0.2) is 66.6 Å². The van der Waals surface area contributed by atoms with Crippen LogP contribution in [0.25, 0.3) is 0 Å². The second-order valence-corrected chi connectivity index (χ2v) is 10.2. The fraction of sp³-hybridized carbons (Fsp3) is 0.600. The molecular formula is C25H36N4O2S. The molecule has 0 aromatic carbocycles. The van der Waals surface area contributed by atoms with E-state index in [1.54, 1.807) is 18.4 Å². The summed E-state index contributed by atoms with van der Waals surface area (Å²) in [6, 6.07) is 8.85. The molecule has 2 bridgehead atoms. The highest BCUT2D eigenvalue weighted by Crippen LogP contribution is 2.31. The standard InChI is InChI=1S/C25H36N4O2S/c1-31-11-10-29(19-23-6-4-12-32-23)25(30)8-2-7-24-22-13-21(15-27-24)17-28(18-22)16-20-5-3-9-26-14-20/h3-6,9,12,14,21-22,24,27H,2,7-8,10-11,13,15-19H2,1H3/t21?,22?,24-/m1/s1. The number of rotatable bonds is 11. The van der Waals surface area contributed by atoms with E-state index < -0.39 is 0 Å². The second-order valence-electron chi connectivity index (χ2n) is 9.21. The van der Waals surface area contributed by atoms with Gasteiger partial charge in [-0.15, -0.1) is 11.3 Å². The Hall–Kier alpha value is -1.80. The summed E-state index contributed by atoms with van der Waals surface area (Å²) in [7, 11) is 1.69. The number of aromatic nitrogens is 1. The largest absolute Gasteiger partial charge is 0.383 e. The van der Waals surface area contributed by atoms with E-state index in [9.17, 15) is 4.79 Å². The minimum absolute atomic E-state index is 0.242. The maximum Gasteiger partial charge on any atom is 0.222 e. The van der Waals surface area contributed by atoms with Gasteiger partial charge in [0, 0.05) is 63.0 Å². The molecule has 1 amide bonds. The molecule has 2 unspecified atom stereocenters. The van der Waals surface area contributed by atoms with E-state index in [-0.39, 0.29) is 5.91 Å². The summed E-state index contributed by atoms with van der Waals surface area (Å²) in [6.07, 6.45) is 7.76. The van der Waals surface area contributed by atoms with Gasteiger partial charge in [-0.05, 0) is 60.7 Å². The lowest BCUT2D eigenvalue weighted by Crippen LogP contribution is -2.55. The minimum atomic E-state index is 0.242. The number of thiophene rings is 1. The zero-order valence-corrected chi connectivity index (χ0v) is 19.9. The number of piperidine rings is 2. The molecule has 174 valence electrons. The van der Waals surface area contributed by atoms with Crippen LogP contribution in [0.3, 0.4) is 0 Å². The van der Waals surface area contributed by atoms with Crippen molar-refractivity contribution >= 4 is 17.2 Å². The molecule has 7 heteroatoms. The van der Waals surface area contributed by atoms with Gasteiger partial charge >= 0.3 is 0 Å². The Labute approximate surface area is 196 Å². The summed E-state index contributed by atoms with van der Waals surface area (Å²) in [5, 5.41) is 5.86. The van der Waals surface area contributed by atoms with Gasteiger partial charge < -0.3 is 15.0 Å². The molecule has 1 N–H and O–H groups in total. The van der Waals surface area contributed by atoms with E-state index in [2.05, 4.69) is 32.7 Å². The first kappa shape index (κ1) is 23.4. The maximum absolute atomic E-state index is 12.9. The lowest BCUT2D eigenvalue weighted by molar-refractivity contribution is -0.132. The van der Waals surface area contributed by atoms with Crippen LogP contribution >= 0.6 is 11.3 Å². The van der Waals surface area contributed by atoms with Gasteiger partial charge in [0.25, 0.3) is 0 Å². The van der Waals surface area contributed by atoms with Crippen LogP contribution in [0.4, 0.5) is 0 Å². The highest BCUT2D eigenvalue weighted by atomic mass is 32.1. The Morgan fingerprint density at radius 3 is 3.06 bits per heavy atom. The molecule has 4 rings (SSSR count). The number of pyridine rings is 1. The summed E-state index contributed by atoms with van der Waals surface area (Å²) < 4.78 is 5.23. The van der Waals surface area contributed by atoms with Gasteiger partial charge in [0.05, 0.1) is 13.2 Å². The van der Waals surface area contributed by atoms with Crippen molar-refractivity contribution in [3.63, 3.8) is 0 Å². The number of likely N-dealkylation sites (tertiary alicyclic amines) is 1. The smallest absolute Gasteiger partial charge is 0.222 e. The molecule has 0 spiro atoms. The highest BCUT2D eigenvalue weighted by Gasteiger charge is 2.36. The normalized spacial score (nSPS) is 23.2. The van der Waals surface area contributed by atoms with Crippen LogP contribution in [0.2, 0.25) is 0 Å². The van der Waals surface area contributed by atoms with Crippen LogP contribution in [-0.2, 0) is 22.6 Å². The SMILES string of the molecule is COCCN(Cc1cccs1)C(=O)CCC[C@H]1NCC2CC1CN(Cc1cccnc1)C2. The molecule has 2 aliphatic rings. The third-order valence-electron chi connectivity index (χ3n) is 6.76. The Morgan fingerprint density at radius 1 is 1.34 bits per heavy atom. The van der Waals surface area contributed by atoms with Crippen LogP contribution in [0.5, 0.6) is 0 Å². The molecule has 32 heavy (non-hydrogen) atoms. The maximum atomic E-state index is 12.9. The summed E-state index contributed by atoms with van der Waals surface area (Å²) >= 11 is 1.71. The summed E-state index contributed by atoms with van der Waals surface area (Å²) in [5.41, 5.74) is 1.30. The van der Waals surface area contributed by atoms with Gasteiger partial charge in [-0.25, -0.2) is 0 Å². The number of amides is 1. The predicted octanol–water partition coefficient (Wildman–Crippen LogP) is 3.40. The van der Waals surface area contributed by atoms with Crippen molar-refractivity contribution in [3.8, 4) is 0 Å². The molecular weight excluding hydrogens is 420 g/mol. The van der Waals surface area contributed by atoms with Crippen molar-refractivity contribution in [1.82, 2.24) is 20.1 Å². The van der Waals surface area contributed by atoms with Crippen molar-refractivity contribution in [2.75, 3.05) is 39.9 Å². The van der Waals surface area contributed by atoms with Gasteiger partial charge in [-0.2, -0.15) is 0 Å². The molecule has 6 nitrogen and oxygen atoms in total. The third kappa shape index (κ3) is 6.61. The summed E-state index contributed by atoms with van der Waals surface area (Å²) in [4.78, 5) is 23.0. The molecule has 2 aliphatic heterocycles. The zero-order chi connectivity index (χ0) is 22.2. The molecule has 2 aromatic heterocycles. The number of carbonyl (C=O) groups is 1. The topological polar surface area (TPSA) is 57.7 Å². The summed E-state index contributed by atoms with van der Waals surface area (Å²) in [6.45, 7) is 6.31. The van der Waals surface area contributed by atoms with Gasteiger partial charge in [-0.3, -0.25) is 14.7 Å². The first-order chi connectivity index (χ1) is 15.7. The van der Waals surface area contributed by atoms with Gasteiger partial charge in [0.1, 0.15) is 0 Å². The van der Waals surface area contributed by atoms with E-state index in [0.717, 1.165) is 38.4 Å². The third-order valence-corrected chi connectivity index (χ3v) is 7.62. The average Bonchev–Trinajstić information content (AvgIpc) is 3.32. The number of methoxy groups -OCH3 is 1. The quantitative estimate of drug-likeness (QED) is 0.562. The van der Waals surface area contributed by atoms with Crippen molar-refractivity contribution < 1.29 is 9.53 Å². The number of carbonyl (C=O) groups excluding carboxylic acids is 1. The lowest BCUT2D eigenvalue weighted by atomic mass is 9.79. The second kappa shape index (κ2) is 11.9. The monoisotopic (exact) mass is 456 g/mol. The van der Waals surface area contributed by atoms with Crippen molar-refractivity contribution in [1.29, 1.82) is 0 Å². The number of ether oxygens (including phenoxy) is 1. The van der Waals surface area contributed by atoms with Crippen LogP contribution in [0.15, 0.2) is 42.0 Å². The number of nitrogens with one attached hydrogen (secondary N) is 1. The number of nitrogens with zero attached hydrogens (tertiary/aromatic N) is 3. The molecule has 2 fully saturated rings. The van der Waals surface area contributed by atoms with Gasteiger partial charge in [0.2, 0.25) is 5.91 Å². The Morgan fingerprint density at radius 2 is 2.28 bits per heavy atom. The minimum Gasteiger partial charge on any atom is -0.383 e. The zero-order valence-electron chi connectivity index (χ0n) is 19.1. The Balaban J connectivity index is 1.25. The van der Waals surface area contributed by atoms with Crippen molar-refractivity contribution in [3.05, 3.63) is 52.5 Å². The number of hydrogen-bond donors (Lipinski definition) is 1. The summed E-state index contributed by atoms with van der Waals surface area (Å²) in [5.74, 6) is 1.65. The fourth-order valence-electron chi connectivity index (χ4n) is 5.20. The first-order valence-corrected chi connectivity index (χ1v) is 12.7. The van der Waals surface area contributed by atoms with E-state index in [1.807, 2.05) is 29.4 Å². The molecule has 3 atom stereocenters. The van der Waals surface area contributed by atoms with Gasteiger partial charge in [0.15, 0.2) is 0 Å². The van der Waals surface area contributed by atoms with Crippen LogP contribution < -0.4 is 5.32 Å². The lowest BCUT2D eigenvalue weighted by Gasteiger charge is -2.46. The van der Waals surface area contributed by atoms with E-state index in [1.165, 1.54) is 23.4 Å². The van der Waals surface area contributed by atoms with Crippen molar-refractivity contribution in [2.45, 2.75) is 44.8 Å².